The largest absolute Gasteiger partial charge is 0.379 e. The van der Waals surface area contributed by atoms with Crippen LogP contribution in [0.2, 0.25) is 0 Å². The van der Waals surface area contributed by atoms with Gasteiger partial charge in [0.25, 0.3) is 0 Å². The summed E-state index contributed by atoms with van der Waals surface area (Å²) in [6.07, 6.45) is 7.86. The molecule has 3 unspecified atom stereocenters. The molecule has 2 aromatic rings. The molecule has 128 valence electrons. The third-order valence-electron chi connectivity index (χ3n) is 5.21. The first-order chi connectivity index (χ1) is 11.9. The predicted octanol–water partition coefficient (Wildman–Crippen LogP) is 2.50. The zero-order valence-corrected chi connectivity index (χ0v) is 14.0. The van der Waals surface area contributed by atoms with Crippen molar-refractivity contribution in [1.82, 2.24) is 15.1 Å². The molecular weight excluding hydrogens is 300 g/mol. The molecular formula is C19H26N4O. The summed E-state index contributed by atoms with van der Waals surface area (Å²) >= 11 is 0. The first-order valence-corrected chi connectivity index (χ1v) is 9.02. The van der Waals surface area contributed by atoms with E-state index in [1.165, 1.54) is 24.8 Å². The van der Waals surface area contributed by atoms with Crippen molar-refractivity contribution in [3.05, 3.63) is 48.3 Å². The van der Waals surface area contributed by atoms with Crippen LogP contribution in [0.15, 0.2) is 42.7 Å². The highest BCUT2D eigenvalue weighted by Crippen LogP contribution is 2.31. The molecule has 2 N–H and O–H groups in total. The van der Waals surface area contributed by atoms with Crippen LogP contribution >= 0.6 is 0 Å². The quantitative estimate of drug-likeness (QED) is 0.886. The van der Waals surface area contributed by atoms with Gasteiger partial charge in [0.05, 0.1) is 31.6 Å². The number of morpholine rings is 1. The third-order valence-corrected chi connectivity index (χ3v) is 5.21. The van der Waals surface area contributed by atoms with Gasteiger partial charge in [0, 0.05) is 24.8 Å². The first-order valence-electron chi connectivity index (χ1n) is 9.02. The normalized spacial score (nSPS) is 27.2. The topological polar surface area (TPSA) is 51.1 Å². The maximum atomic E-state index is 5.66. The molecule has 0 spiro atoms. The zero-order valence-electron chi connectivity index (χ0n) is 14.0. The molecule has 1 aliphatic heterocycles. The minimum atomic E-state index is 0.484. The van der Waals surface area contributed by atoms with E-state index in [2.05, 4.69) is 46.2 Å². The van der Waals surface area contributed by atoms with Crippen molar-refractivity contribution in [2.45, 2.75) is 37.9 Å². The minimum Gasteiger partial charge on any atom is -0.379 e. The maximum Gasteiger partial charge on any atom is 0.0728 e. The van der Waals surface area contributed by atoms with E-state index in [1.54, 1.807) is 0 Å². The molecule has 0 radical (unpaired) electrons. The molecule has 2 aliphatic rings. The molecule has 5 heteroatoms. The van der Waals surface area contributed by atoms with Gasteiger partial charge in [-0.15, -0.1) is 0 Å². The maximum absolute atomic E-state index is 5.66. The second-order valence-electron chi connectivity index (χ2n) is 6.89. The molecule has 24 heavy (non-hydrogen) atoms. The summed E-state index contributed by atoms with van der Waals surface area (Å²) in [6, 6.07) is 11.5. The first kappa shape index (κ1) is 15.7. The van der Waals surface area contributed by atoms with Gasteiger partial charge in [0.2, 0.25) is 0 Å². The van der Waals surface area contributed by atoms with Gasteiger partial charge in [0.15, 0.2) is 0 Å². The summed E-state index contributed by atoms with van der Waals surface area (Å²) in [5.74, 6) is 0.641. The number of hydrogen-bond acceptors (Lipinski definition) is 4. The van der Waals surface area contributed by atoms with E-state index in [4.69, 9.17) is 4.74 Å². The van der Waals surface area contributed by atoms with Crippen molar-refractivity contribution in [3.8, 4) is 0 Å². The average Bonchev–Trinajstić information content (AvgIpc) is 3.27. The third kappa shape index (κ3) is 3.62. The van der Waals surface area contributed by atoms with Crippen molar-refractivity contribution < 1.29 is 4.74 Å². The lowest BCUT2D eigenvalue weighted by Crippen LogP contribution is -2.49. The molecule has 0 amide bonds. The minimum absolute atomic E-state index is 0.484. The van der Waals surface area contributed by atoms with Gasteiger partial charge in [-0.25, -0.2) is 0 Å². The summed E-state index contributed by atoms with van der Waals surface area (Å²) in [5, 5.41) is 11.8. The summed E-state index contributed by atoms with van der Waals surface area (Å²) in [7, 11) is 0. The number of anilines is 1. The Kier molecular flexibility index (Phi) is 4.81. The summed E-state index contributed by atoms with van der Waals surface area (Å²) in [4.78, 5) is 0. The average molecular weight is 326 g/mol. The van der Waals surface area contributed by atoms with Crippen molar-refractivity contribution >= 4 is 5.69 Å². The number of aromatic nitrogens is 2. The fraction of sp³-hybridized carbons (Fsp3) is 0.526. The van der Waals surface area contributed by atoms with Crippen molar-refractivity contribution in [2.75, 3.05) is 25.1 Å². The SMILES string of the molecule is c1ccc(Cn2cc(NC3CCCC3C3COCCN3)cn2)cc1. The molecule has 3 atom stereocenters. The molecule has 1 aliphatic carbocycles. The van der Waals surface area contributed by atoms with E-state index in [9.17, 15) is 0 Å². The van der Waals surface area contributed by atoms with Crippen LogP contribution in [0.25, 0.3) is 0 Å². The van der Waals surface area contributed by atoms with Gasteiger partial charge in [-0.05, 0) is 24.3 Å². The van der Waals surface area contributed by atoms with Crippen molar-refractivity contribution in [2.24, 2.45) is 5.92 Å². The molecule has 4 rings (SSSR count). The molecule has 1 aromatic heterocycles. The molecule has 5 nitrogen and oxygen atoms in total. The Morgan fingerprint density at radius 2 is 2.17 bits per heavy atom. The molecule has 1 aromatic carbocycles. The Morgan fingerprint density at radius 1 is 1.25 bits per heavy atom. The van der Waals surface area contributed by atoms with Crippen molar-refractivity contribution in [1.29, 1.82) is 0 Å². The molecule has 1 saturated heterocycles. The lowest BCUT2D eigenvalue weighted by Gasteiger charge is -2.33. The monoisotopic (exact) mass is 326 g/mol. The van der Waals surface area contributed by atoms with Gasteiger partial charge in [-0.3, -0.25) is 4.68 Å². The number of ether oxygens (including phenoxy) is 1. The second-order valence-corrected chi connectivity index (χ2v) is 6.89. The highest BCUT2D eigenvalue weighted by Gasteiger charge is 2.34. The summed E-state index contributed by atoms with van der Waals surface area (Å²) in [6.45, 7) is 3.47. The van der Waals surface area contributed by atoms with Crippen LogP contribution < -0.4 is 10.6 Å². The number of hydrogen-bond donors (Lipinski definition) is 2. The van der Waals surface area contributed by atoms with E-state index in [-0.39, 0.29) is 0 Å². The van der Waals surface area contributed by atoms with Crippen LogP contribution in [0.1, 0.15) is 24.8 Å². The van der Waals surface area contributed by atoms with Crippen LogP contribution in [-0.2, 0) is 11.3 Å². The molecule has 0 bridgehead atoms. The Bertz CT molecular complexity index is 636. The summed E-state index contributed by atoms with van der Waals surface area (Å²) < 4.78 is 7.66. The fourth-order valence-corrected chi connectivity index (χ4v) is 4.02. The highest BCUT2D eigenvalue weighted by molar-refractivity contribution is 5.40. The van der Waals surface area contributed by atoms with Gasteiger partial charge in [0.1, 0.15) is 0 Å². The highest BCUT2D eigenvalue weighted by atomic mass is 16.5. The number of nitrogens with one attached hydrogen (secondary N) is 2. The lowest BCUT2D eigenvalue weighted by atomic mass is 9.94. The number of rotatable bonds is 5. The van der Waals surface area contributed by atoms with Gasteiger partial charge < -0.3 is 15.4 Å². The van der Waals surface area contributed by atoms with Crippen LogP contribution in [0.4, 0.5) is 5.69 Å². The summed E-state index contributed by atoms with van der Waals surface area (Å²) in [5.41, 5.74) is 2.40. The Morgan fingerprint density at radius 3 is 3.00 bits per heavy atom. The van der Waals surface area contributed by atoms with E-state index in [0.29, 0.717) is 18.0 Å². The Balaban J connectivity index is 1.38. The van der Waals surface area contributed by atoms with Gasteiger partial charge in [-0.1, -0.05) is 36.8 Å². The van der Waals surface area contributed by atoms with E-state index in [0.717, 1.165) is 32.0 Å². The van der Waals surface area contributed by atoms with E-state index >= 15 is 0 Å². The second kappa shape index (κ2) is 7.36. The molecule has 2 fully saturated rings. The van der Waals surface area contributed by atoms with Crippen LogP contribution in [0.5, 0.6) is 0 Å². The Labute approximate surface area is 143 Å². The number of nitrogens with zero attached hydrogens (tertiary/aromatic N) is 2. The van der Waals surface area contributed by atoms with E-state index < -0.39 is 0 Å². The number of benzene rings is 1. The predicted molar refractivity (Wildman–Crippen MR) is 95.1 cm³/mol. The van der Waals surface area contributed by atoms with Crippen molar-refractivity contribution in [3.63, 3.8) is 0 Å². The van der Waals surface area contributed by atoms with E-state index in [1.807, 2.05) is 16.9 Å². The van der Waals surface area contributed by atoms with Crippen LogP contribution in [-0.4, -0.2) is 41.6 Å². The van der Waals surface area contributed by atoms with Gasteiger partial charge in [-0.2, -0.15) is 5.10 Å². The van der Waals surface area contributed by atoms with Crippen LogP contribution in [0, 0.1) is 5.92 Å². The standard InChI is InChI=1S/C19H26N4O/c1-2-5-15(6-3-1)12-23-13-16(11-21-23)22-18-8-4-7-17(18)19-14-24-10-9-20-19/h1-3,5-6,11,13,17-20,22H,4,7-10,12,14H2. The van der Waals surface area contributed by atoms with Crippen LogP contribution in [0.3, 0.4) is 0 Å². The smallest absolute Gasteiger partial charge is 0.0728 e. The Hall–Kier alpha value is -1.85. The van der Waals surface area contributed by atoms with Gasteiger partial charge >= 0.3 is 0 Å². The molecule has 2 heterocycles. The lowest BCUT2D eigenvalue weighted by molar-refractivity contribution is 0.0559. The fourth-order valence-electron chi connectivity index (χ4n) is 4.02. The molecule has 1 saturated carbocycles. The zero-order chi connectivity index (χ0) is 16.2.